The molecule has 0 atom stereocenters. The zero-order valence-electron chi connectivity index (χ0n) is 24.5. The van der Waals surface area contributed by atoms with Gasteiger partial charge in [-0.3, -0.25) is 14.6 Å². The number of primary amides is 1. The minimum atomic E-state index is -5.08. The fourth-order valence-electron chi connectivity index (χ4n) is 4.52. The summed E-state index contributed by atoms with van der Waals surface area (Å²) < 4.78 is 43.6. The van der Waals surface area contributed by atoms with E-state index in [1.165, 1.54) is 37.3 Å². The van der Waals surface area contributed by atoms with E-state index in [0.717, 1.165) is 42.7 Å². The molecule has 5 rings (SSSR count). The second kappa shape index (κ2) is 14.7. The van der Waals surface area contributed by atoms with Gasteiger partial charge in [0, 0.05) is 55.3 Å². The van der Waals surface area contributed by atoms with Crippen LogP contribution in [0.15, 0.2) is 47.8 Å². The number of halogens is 3. The molecule has 1 aliphatic carbocycles. The van der Waals surface area contributed by atoms with Gasteiger partial charge < -0.3 is 25.6 Å². The molecule has 238 valence electrons. The summed E-state index contributed by atoms with van der Waals surface area (Å²) in [4.78, 5) is 30.4. The number of alkyl halides is 3. The number of nitrogens with one attached hydrogen (secondary N) is 1. The lowest BCUT2D eigenvalue weighted by Crippen LogP contribution is -2.48. The molecule has 14 heteroatoms. The number of ether oxygens (including phenoxy) is 2. The van der Waals surface area contributed by atoms with Crippen molar-refractivity contribution >= 4 is 34.0 Å². The standard InChI is InChI=1S/C28H35N5O3S.C2HF3O2/c1-19(2)36-26-10-5-21(27(29)34)17-24(26)30-28-31-25(18-37-28)20-3-8-23(9-4-20)35-16-15-32-11-13-33(14-12-32)22-6-7-22;3-2(4,5)1(6)7/h3-5,8-10,17-19,22H,6-7,11-16H2,1-2H3,(H2,29,34)(H,30,31);(H,6,7). The molecular weight excluding hydrogens is 599 g/mol. The van der Waals surface area contributed by atoms with Gasteiger partial charge in [0.25, 0.3) is 0 Å². The summed E-state index contributed by atoms with van der Waals surface area (Å²) in [5.41, 5.74) is 8.41. The molecule has 4 N–H and O–H groups in total. The molecule has 0 spiro atoms. The van der Waals surface area contributed by atoms with Crippen LogP contribution >= 0.6 is 11.3 Å². The SMILES string of the molecule is CC(C)Oc1ccc(C(N)=O)cc1Nc1nc(-c2ccc(OCCN3CCN(C4CC4)CC3)cc2)cs1.O=C(O)C(F)(F)F. The number of carbonyl (C=O) groups is 2. The Labute approximate surface area is 257 Å². The Balaban J connectivity index is 0.000000566. The van der Waals surface area contributed by atoms with E-state index in [9.17, 15) is 18.0 Å². The lowest BCUT2D eigenvalue weighted by Gasteiger charge is -2.34. The van der Waals surface area contributed by atoms with Gasteiger partial charge >= 0.3 is 12.1 Å². The van der Waals surface area contributed by atoms with E-state index < -0.39 is 18.1 Å². The number of hydrogen-bond acceptors (Lipinski definition) is 9. The van der Waals surface area contributed by atoms with Gasteiger partial charge in [-0.2, -0.15) is 13.2 Å². The molecule has 44 heavy (non-hydrogen) atoms. The summed E-state index contributed by atoms with van der Waals surface area (Å²) >= 11 is 1.49. The van der Waals surface area contributed by atoms with Crippen LogP contribution in [0.4, 0.5) is 24.0 Å². The quantitative estimate of drug-likeness (QED) is 0.259. The van der Waals surface area contributed by atoms with E-state index in [1.807, 2.05) is 43.5 Å². The number of hydrogen-bond donors (Lipinski definition) is 3. The number of carbonyl (C=O) groups excluding carboxylic acids is 1. The van der Waals surface area contributed by atoms with E-state index in [-0.39, 0.29) is 6.10 Å². The maximum atomic E-state index is 11.7. The average molecular weight is 636 g/mol. The topological polar surface area (TPSA) is 130 Å². The van der Waals surface area contributed by atoms with Crippen molar-refractivity contribution in [3.63, 3.8) is 0 Å². The van der Waals surface area contributed by atoms with E-state index >= 15 is 0 Å². The van der Waals surface area contributed by atoms with Crippen LogP contribution in [0.3, 0.4) is 0 Å². The summed E-state index contributed by atoms with van der Waals surface area (Å²) in [5, 5.41) is 13.1. The largest absolute Gasteiger partial charge is 0.492 e. The predicted molar refractivity (Wildman–Crippen MR) is 162 cm³/mol. The van der Waals surface area contributed by atoms with Crippen molar-refractivity contribution in [3.8, 4) is 22.8 Å². The monoisotopic (exact) mass is 635 g/mol. The maximum absolute atomic E-state index is 11.7. The molecule has 2 aliphatic rings. The van der Waals surface area contributed by atoms with E-state index in [0.29, 0.717) is 28.7 Å². The van der Waals surface area contributed by atoms with Crippen molar-refractivity contribution in [2.24, 2.45) is 5.73 Å². The van der Waals surface area contributed by atoms with Crippen LogP contribution in [0, 0.1) is 0 Å². The number of benzene rings is 2. The number of anilines is 2. The first-order valence-electron chi connectivity index (χ1n) is 14.2. The fourth-order valence-corrected chi connectivity index (χ4v) is 5.25. The number of aliphatic carboxylic acids is 1. The molecule has 1 aliphatic heterocycles. The van der Waals surface area contributed by atoms with E-state index in [4.69, 9.17) is 30.1 Å². The van der Waals surface area contributed by atoms with Gasteiger partial charge in [-0.25, -0.2) is 9.78 Å². The van der Waals surface area contributed by atoms with Gasteiger partial charge in [-0.15, -0.1) is 11.3 Å². The second-order valence-electron chi connectivity index (χ2n) is 10.7. The van der Waals surface area contributed by atoms with E-state index in [1.54, 1.807) is 18.2 Å². The summed E-state index contributed by atoms with van der Waals surface area (Å²) in [5.74, 6) is -1.74. The third-order valence-electron chi connectivity index (χ3n) is 6.91. The Bertz CT molecular complexity index is 1400. The molecule has 0 radical (unpaired) electrons. The molecule has 2 fully saturated rings. The van der Waals surface area contributed by atoms with Gasteiger partial charge in [0.2, 0.25) is 5.91 Å². The second-order valence-corrected chi connectivity index (χ2v) is 11.5. The van der Waals surface area contributed by atoms with Crippen LogP contribution < -0.4 is 20.5 Å². The van der Waals surface area contributed by atoms with E-state index in [2.05, 4.69) is 15.1 Å². The van der Waals surface area contributed by atoms with Crippen LogP contribution in [0.25, 0.3) is 11.3 Å². The first-order valence-corrected chi connectivity index (χ1v) is 15.1. The van der Waals surface area contributed by atoms with Crippen molar-refractivity contribution in [1.82, 2.24) is 14.8 Å². The van der Waals surface area contributed by atoms with Crippen molar-refractivity contribution in [3.05, 3.63) is 53.4 Å². The average Bonchev–Trinajstić information content (AvgIpc) is 3.72. The Kier molecular flexibility index (Phi) is 11.1. The third-order valence-corrected chi connectivity index (χ3v) is 7.67. The number of rotatable bonds is 11. The lowest BCUT2D eigenvalue weighted by atomic mass is 10.1. The van der Waals surface area contributed by atoms with Gasteiger partial charge in [-0.1, -0.05) is 0 Å². The maximum Gasteiger partial charge on any atom is 0.490 e. The van der Waals surface area contributed by atoms with Crippen LogP contribution in [-0.2, 0) is 4.79 Å². The minimum Gasteiger partial charge on any atom is -0.492 e. The van der Waals surface area contributed by atoms with Crippen LogP contribution in [0.2, 0.25) is 0 Å². The smallest absolute Gasteiger partial charge is 0.490 e. The highest BCUT2D eigenvalue weighted by Gasteiger charge is 2.38. The molecule has 1 amide bonds. The zero-order valence-corrected chi connectivity index (χ0v) is 25.3. The van der Waals surface area contributed by atoms with Crippen LogP contribution in [0.1, 0.15) is 37.0 Å². The van der Waals surface area contributed by atoms with Crippen molar-refractivity contribution < 1.29 is 37.3 Å². The number of nitrogens with two attached hydrogens (primary N) is 1. The Hall–Kier alpha value is -3.88. The molecule has 1 aromatic heterocycles. The number of piperazine rings is 1. The number of thiazole rings is 1. The van der Waals surface area contributed by atoms with Crippen LogP contribution in [0.5, 0.6) is 11.5 Å². The minimum absolute atomic E-state index is 0.00916. The third kappa shape index (κ3) is 9.82. The first kappa shape index (κ1) is 33.0. The van der Waals surface area contributed by atoms with Gasteiger partial charge in [-0.05, 0) is 69.2 Å². The highest BCUT2D eigenvalue weighted by atomic mass is 32.1. The van der Waals surface area contributed by atoms with Gasteiger partial charge in [0.1, 0.15) is 18.1 Å². The van der Waals surface area contributed by atoms with Gasteiger partial charge in [0.15, 0.2) is 5.13 Å². The zero-order chi connectivity index (χ0) is 31.9. The lowest BCUT2D eigenvalue weighted by molar-refractivity contribution is -0.192. The molecule has 1 saturated heterocycles. The molecule has 2 aromatic carbocycles. The molecular formula is C30H36F3N5O5S. The highest BCUT2D eigenvalue weighted by Crippen LogP contribution is 2.33. The van der Waals surface area contributed by atoms with Crippen LogP contribution in [-0.4, -0.2) is 89.4 Å². The normalized spacial score (nSPS) is 15.8. The fraction of sp³-hybridized carbons (Fsp3) is 0.433. The molecule has 0 unspecified atom stereocenters. The highest BCUT2D eigenvalue weighted by molar-refractivity contribution is 7.14. The summed E-state index contributed by atoms with van der Waals surface area (Å²) in [6, 6.07) is 14.0. The molecule has 10 nitrogen and oxygen atoms in total. The summed E-state index contributed by atoms with van der Waals surface area (Å²) in [6.07, 6.45) is -2.32. The number of nitrogens with zero attached hydrogens (tertiary/aromatic N) is 3. The molecule has 3 aromatic rings. The van der Waals surface area contributed by atoms with Crippen molar-refractivity contribution in [1.29, 1.82) is 0 Å². The number of carboxylic acid groups (broad SMARTS) is 1. The number of carboxylic acids is 1. The number of amides is 1. The van der Waals surface area contributed by atoms with Gasteiger partial charge in [0.05, 0.1) is 17.5 Å². The number of aromatic nitrogens is 1. The Morgan fingerprint density at radius 1 is 1.11 bits per heavy atom. The molecule has 1 saturated carbocycles. The molecule has 0 bridgehead atoms. The molecule has 2 heterocycles. The van der Waals surface area contributed by atoms with Crippen molar-refractivity contribution in [2.45, 2.75) is 45.0 Å². The predicted octanol–water partition coefficient (Wildman–Crippen LogP) is 5.23. The first-order chi connectivity index (χ1) is 20.9. The Morgan fingerprint density at radius 3 is 2.34 bits per heavy atom. The summed E-state index contributed by atoms with van der Waals surface area (Å²) in [7, 11) is 0. The van der Waals surface area contributed by atoms with Crippen molar-refractivity contribution in [2.75, 3.05) is 44.6 Å². The Morgan fingerprint density at radius 2 is 1.77 bits per heavy atom. The summed E-state index contributed by atoms with van der Waals surface area (Å²) in [6.45, 7) is 10.2.